The minimum atomic E-state index is 0.774. The van der Waals surface area contributed by atoms with Crippen LogP contribution >= 0.6 is 22.9 Å². The number of halogens is 1. The molecule has 0 amide bonds. The van der Waals surface area contributed by atoms with Crippen molar-refractivity contribution in [2.45, 2.75) is 19.9 Å². The van der Waals surface area contributed by atoms with Crippen molar-refractivity contribution in [2.75, 3.05) is 24.3 Å². The number of nitrogens with zero attached hydrogens (tertiary/aromatic N) is 1. The van der Waals surface area contributed by atoms with Crippen LogP contribution in [0.4, 0.5) is 11.4 Å². The van der Waals surface area contributed by atoms with Crippen LogP contribution in [0.25, 0.3) is 0 Å². The van der Waals surface area contributed by atoms with Gasteiger partial charge in [-0.25, -0.2) is 0 Å². The third-order valence-electron chi connectivity index (χ3n) is 2.96. The fourth-order valence-corrected chi connectivity index (χ4v) is 3.12. The van der Waals surface area contributed by atoms with Crippen LogP contribution in [0.15, 0.2) is 30.3 Å². The molecule has 2 nitrogen and oxygen atoms in total. The SMILES string of the molecule is CCc1ccc(CNc2ccc(N(C)C)c(Cl)c2)s1. The maximum Gasteiger partial charge on any atom is 0.0659 e. The Bertz CT molecular complexity index is 549. The van der Waals surface area contributed by atoms with Crippen LogP contribution in [0, 0.1) is 0 Å². The first-order valence-electron chi connectivity index (χ1n) is 6.38. The van der Waals surface area contributed by atoms with Crippen LogP contribution in [0.1, 0.15) is 16.7 Å². The molecule has 1 heterocycles. The van der Waals surface area contributed by atoms with Gasteiger partial charge in [0.2, 0.25) is 0 Å². The molecule has 1 aromatic carbocycles. The molecule has 102 valence electrons. The number of thiophene rings is 1. The lowest BCUT2D eigenvalue weighted by atomic mass is 10.2. The molecule has 4 heteroatoms. The fraction of sp³-hybridized carbons (Fsp3) is 0.333. The fourth-order valence-electron chi connectivity index (χ4n) is 1.88. The molecule has 0 saturated heterocycles. The van der Waals surface area contributed by atoms with Crippen molar-refractivity contribution >= 4 is 34.3 Å². The molecule has 0 aliphatic carbocycles. The molecule has 1 N–H and O–H groups in total. The first-order chi connectivity index (χ1) is 9.10. The van der Waals surface area contributed by atoms with E-state index in [-0.39, 0.29) is 0 Å². The highest BCUT2D eigenvalue weighted by atomic mass is 35.5. The van der Waals surface area contributed by atoms with Crippen molar-refractivity contribution in [3.63, 3.8) is 0 Å². The summed E-state index contributed by atoms with van der Waals surface area (Å²) in [5.41, 5.74) is 2.10. The predicted molar refractivity (Wildman–Crippen MR) is 86.8 cm³/mol. The average Bonchev–Trinajstić information content (AvgIpc) is 2.84. The number of rotatable bonds is 5. The molecule has 2 rings (SSSR count). The number of hydrogen-bond acceptors (Lipinski definition) is 3. The normalized spacial score (nSPS) is 10.5. The van der Waals surface area contributed by atoms with E-state index in [9.17, 15) is 0 Å². The van der Waals surface area contributed by atoms with Crippen LogP contribution in [0.2, 0.25) is 5.02 Å². The summed E-state index contributed by atoms with van der Waals surface area (Å²) in [7, 11) is 3.98. The van der Waals surface area contributed by atoms with E-state index >= 15 is 0 Å². The summed E-state index contributed by atoms with van der Waals surface area (Å²) < 4.78 is 0. The number of hydrogen-bond donors (Lipinski definition) is 1. The van der Waals surface area contributed by atoms with Gasteiger partial charge in [0.05, 0.1) is 10.7 Å². The Morgan fingerprint density at radius 2 is 1.89 bits per heavy atom. The van der Waals surface area contributed by atoms with Gasteiger partial charge in [-0.05, 0) is 36.8 Å². The maximum atomic E-state index is 6.25. The van der Waals surface area contributed by atoms with E-state index in [4.69, 9.17) is 11.6 Å². The molecule has 0 atom stereocenters. The first-order valence-corrected chi connectivity index (χ1v) is 7.58. The maximum absolute atomic E-state index is 6.25. The summed E-state index contributed by atoms with van der Waals surface area (Å²) >= 11 is 8.11. The summed E-state index contributed by atoms with van der Waals surface area (Å²) in [6.07, 6.45) is 1.11. The minimum absolute atomic E-state index is 0.774. The zero-order valence-electron chi connectivity index (χ0n) is 11.5. The second-order valence-corrected chi connectivity index (χ2v) is 6.30. The summed E-state index contributed by atoms with van der Waals surface area (Å²) in [4.78, 5) is 4.79. The Balaban J connectivity index is 2.01. The summed E-state index contributed by atoms with van der Waals surface area (Å²) in [5, 5.41) is 4.19. The third-order valence-corrected chi connectivity index (χ3v) is 4.49. The highest BCUT2D eigenvalue weighted by molar-refractivity contribution is 7.12. The van der Waals surface area contributed by atoms with Crippen LogP contribution in [-0.4, -0.2) is 14.1 Å². The summed E-state index contributed by atoms with van der Waals surface area (Å²) in [6, 6.07) is 10.5. The molecule has 1 aromatic heterocycles. The van der Waals surface area contributed by atoms with E-state index in [1.54, 1.807) is 0 Å². The molecule has 2 aromatic rings. The Morgan fingerprint density at radius 3 is 2.47 bits per heavy atom. The molecule has 0 fully saturated rings. The topological polar surface area (TPSA) is 15.3 Å². The molecule has 0 radical (unpaired) electrons. The van der Waals surface area contributed by atoms with Crippen molar-refractivity contribution < 1.29 is 0 Å². The molecular formula is C15H19ClN2S. The van der Waals surface area contributed by atoms with Crippen molar-refractivity contribution in [1.29, 1.82) is 0 Å². The minimum Gasteiger partial charge on any atom is -0.380 e. The van der Waals surface area contributed by atoms with E-state index in [1.165, 1.54) is 9.75 Å². The Hall–Kier alpha value is -1.19. The van der Waals surface area contributed by atoms with Crippen LogP contribution in [-0.2, 0) is 13.0 Å². The Morgan fingerprint density at radius 1 is 1.16 bits per heavy atom. The van der Waals surface area contributed by atoms with Gasteiger partial charge in [-0.2, -0.15) is 0 Å². The van der Waals surface area contributed by atoms with Gasteiger partial charge in [0.1, 0.15) is 0 Å². The molecular weight excluding hydrogens is 276 g/mol. The van der Waals surface area contributed by atoms with E-state index < -0.39 is 0 Å². The van der Waals surface area contributed by atoms with Gasteiger partial charge < -0.3 is 10.2 Å². The number of aryl methyl sites for hydroxylation is 1. The van der Waals surface area contributed by atoms with Crippen LogP contribution in [0.5, 0.6) is 0 Å². The second-order valence-electron chi connectivity index (χ2n) is 4.64. The lowest BCUT2D eigenvalue weighted by molar-refractivity contribution is 1.13. The third kappa shape index (κ3) is 3.64. The molecule has 0 aliphatic heterocycles. The summed E-state index contributed by atoms with van der Waals surface area (Å²) in [5.74, 6) is 0. The predicted octanol–water partition coefficient (Wildman–Crippen LogP) is 4.64. The summed E-state index contributed by atoms with van der Waals surface area (Å²) in [6.45, 7) is 3.03. The van der Waals surface area contributed by atoms with Crippen LogP contribution in [0.3, 0.4) is 0 Å². The van der Waals surface area contributed by atoms with Crippen molar-refractivity contribution in [3.8, 4) is 0 Å². The largest absolute Gasteiger partial charge is 0.380 e. The van der Waals surface area contributed by atoms with Crippen molar-refractivity contribution in [3.05, 3.63) is 45.1 Å². The van der Waals surface area contributed by atoms with E-state index in [0.29, 0.717) is 0 Å². The lowest BCUT2D eigenvalue weighted by Gasteiger charge is -2.15. The van der Waals surface area contributed by atoms with E-state index in [1.807, 2.05) is 42.5 Å². The van der Waals surface area contributed by atoms with Gasteiger partial charge in [-0.3, -0.25) is 0 Å². The smallest absolute Gasteiger partial charge is 0.0659 e. The molecule has 0 bridgehead atoms. The van der Waals surface area contributed by atoms with Crippen molar-refractivity contribution in [2.24, 2.45) is 0 Å². The Kier molecular flexibility index (Phi) is 4.72. The zero-order valence-corrected chi connectivity index (χ0v) is 13.1. The molecule has 19 heavy (non-hydrogen) atoms. The number of benzene rings is 1. The standard InChI is InChI=1S/C15H19ClN2S/c1-4-12-6-7-13(19-12)10-17-11-5-8-15(18(2)3)14(16)9-11/h5-9,17H,4,10H2,1-3H3. The monoisotopic (exact) mass is 294 g/mol. The van der Waals surface area contributed by atoms with E-state index in [0.717, 1.165) is 29.4 Å². The highest BCUT2D eigenvalue weighted by Gasteiger charge is 2.04. The molecule has 0 saturated carbocycles. The highest BCUT2D eigenvalue weighted by Crippen LogP contribution is 2.28. The first kappa shape index (κ1) is 14.2. The molecule has 0 aliphatic rings. The number of anilines is 2. The van der Waals surface area contributed by atoms with Gasteiger partial charge in [0.15, 0.2) is 0 Å². The van der Waals surface area contributed by atoms with Crippen LogP contribution < -0.4 is 10.2 Å². The molecule has 0 unspecified atom stereocenters. The number of nitrogens with one attached hydrogen (secondary N) is 1. The van der Waals surface area contributed by atoms with Gasteiger partial charge in [-0.1, -0.05) is 18.5 Å². The average molecular weight is 295 g/mol. The second kappa shape index (κ2) is 6.31. The van der Waals surface area contributed by atoms with Gasteiger partial charge in [0, 0.05) is 36.1 Å². The lowest BCUT2D eigenvalue weighted by Crippen LogP contribution is -2.09. The zero-order chi connectivity index (χ0) is 13.8. The van der Waals surface area contributed by atoms with E-state index in [2.05, 4.69) is 30.4 Å². The van der Waals surface area contributed by atoms with Gasteiger partial charge >= 0.3 is 0 Å². The molecule has 0 spiro atoms. The van der Waals surface area contributed by atoms with Gasteiger partial charge in [0.25, 0.3) is 0 Å². The van der Waals surface area contributed by atoms with Gasteiger partial charge in [-0.15, -0.1) is 11.3 Å². The quantitative estimate of drug-likeness (QED) is 0.864. The Labute approximate surface area is 124 Å². The van der Waals surface area contributed by atoms with Crippen molar-refractivity contribution in [1.82, 2.24) is 0 Å².